The summed E-state index contributed by atoms with van der Waals surface area (Å²) >= 11 is 1.62. The molecular weight excluding hydrogens is 223 g/mol. The van der Waals surface area contributed by atoms with Gasteiger partial charge in [-0.05, 0) is 37.1 Å². The molecule has 16 heavy (non-hydrogen) atoms. The molecule has 0 heterocycles. The Balaban J connectivity index is 2.75. The Kier molecular flexibility index (Phi) is 5.29. The average Bonchev–Trinajstić information content (AvgIpc) is 2.16. The van der Waals surface area contributed by atoms with Gasteiger partial charge in [-0.1, -0.05) is 19.9 Å². The number of benzene rings is 1. The molecule has 0 fully saturated rings. The van der Waals surface area contributed by atoms with Crippen molar-refractivity contribution in [3.8, 4) is 0 Å². The third kappa shape index (κ3) is 3.80. The highest BCUT2D eigenvalue weighted by Gasteiger charge is 2.13. The van der Waals surface area contributed by atoms with Gasteiger partial charge in [0.1, 0.15) is 5.82 Å². The fourth-order valence-corrected chi connectivity index (χ4v) is 2.86. The van der Waals surface area contributed by atoms with Gasteiger partial charge in [-0.15, -0.1) is 11.8 Å². The van der Waals surface area contributed by atoms with Crippen LogP contribution in [0.15, 0.2) is 23.1 Å². The van der Waals surface area contributed by atoms with Crippen LogP contribution in [0.2, 0.25) is 0 Å². The van der Waals surface area contributed by atoms with Gasteiger partial charge in [0.15, 0.2) is 0 Å². The van der Waals surface area contributed by atoms with E-state index in [2.05, 4.69) is 13.8 Å². The van der Waals surface area contributed by atoms with Gasteiger partial charge in [0.2, 0.25) is 0 Å². The fourth-order valence-electron chi connectivity index (χ4n) is 1.45. The molecule has 0 spiro atoms. The van der Waals surface area contributed by atoms with Gasteiger partial charge < -0.3 is 5.11 Å². The van der Waals surface area contributed by atoms with Crippen molar-refractivity contribution >= 4 is 11.8 Å². The number of halogens is 1. The van der Waals surface area contributed by atoms with Gasteiger partial charge in [0.25, 0.3) is 0 Å². The van der Waals surface area contributed by atoms with E-state index in [0.29, 0.717) is 11.5 Å². The topological polar surface area (TPSA) is 20.2 Å². The Morgan fingerprint density at radius 2 is 2.00 bits per heavy atom. The van der Waals surface area contributed by atoms with Crippen LogP contribution < -0.4 is 0 Å². The van der Waals surface area contributed by atoms with Crippen molar-refractivity contribution in [2.45, 2.75) is 38.2 Å². The van der Waals surface area contributed by atoms with Gasteiger partial charge in [-0.25, -0.2) is 4.39 Å². The van der Waals surface area contributed by atoms with Crippen LogP contribution >= 0.6 is 11.8 Å². The Hall–Kier alpha value is -0.540. The van der Waals surface area contributed by atoms with Crippen LogP contribution in [0.1, 0.15) is 38.9 Å². The number of aliphatic hydroxyl groups excluding tert-OH is 1. The maximum absolute atomic E-state index is 13.5. The lowest BCUT2D eigenvalue weighted by Gasteiger charge is -2.13. The normalized spacial score (nSPS) is 13.1. The molecule has 0 unspecified atom stereocenters. The van der Waals surface area contributed by atoms with E-state index < -0.39 is 6.10 Å². The molecule has 0 radical (unpaired) electrons. The molecule has 0 bridgehead atoms. The maximum atomic E-state index is 13.5. The molecule has 0 saturated carbocycles. The Bertz CT molecular complexity index is 337. The van der Waals surface area contributed by atoms with Gasteiger partial charge in [0.05, 0.1) is 6.10 Å². The van der Waals surface area contributed by atoms with Crippen LogP contribution in [-0.2, 0) is 0 Å². The van der Waals surface area contributed by atoms with Crippen LogP contribution in [-0.4, -0.2) is 10.9 Å². The van der Waals surface area contributed by atoms with Crippen LogP contribution in [0.4, 0.5) is 4.39 Å². The van der Waals surface area contributed by atoms with Crippen molar-refractivity contribution in [2.75, 3.05) is 5.75 Å². The number of hydrogen-bond acceptors (Lipinski definition) is 2. The summed E-state index contributed by atoms with van der Waals surface area (Å²) in [5.74, 6) is 1.29. The van der Waals surface area contributed by atoms with Crippen molar-refractivity contribution in [3.05, 3.63) is 29.6 Å². The molecule has 0 aliphatic heterocycles. The molecule has 1 nitrogen and oxygen atoms in total. The van der Waals surface area contributed by atoms with E-state index in [1.807, 2.05) is 6.07 Å². The zero-order valence-corrected chi connectivity index (χ0v) is 10.9. The van der Waals surface area contributed by atoms with E-state index in [1.54, 1.807) is 24.8 Å². The summed E-state index contributed by atoms with van der Waals surface area (Å²) < 4.78 is 13.5. The van der Waals surface area contributed by atoms with Crippen LogP contribution in [0.5, 0.6) is 0 Å². The minimum atomic E-state index is -0.747. The number of thioether (sulfide) groups is 1. The first kappa shape index (κ1) is 13.5. The third-order valence-electron chi connectivity index (χ3n) is 2.38. The molecule has 1 aromatic rings. The highest BCUT2D eigenvalue weighted by atomic mass is 32.2. The summed E-state index contributed by atoms with van der Waals surface area (Å²) in [7, 11) is 0. The van der Waals surface area contributed by atoms with E-state index in [1.165, 1.54) is 6.07 Å². The van der Waals surface area contributed by atoms with E-state index in [-0.39, 0.29) is 5.82 Å². The monoisotopic (exact) mass is 242 g/mol. The van der Waals surface area contributed by atoms with Gasteiger partial charge in [-0.2, -0.15) is 0 Å². The first-order valence-electron chi connectivity index (χ1n) is 5.61. The lowest BCUT2D eigenvalue weighted by Crippen LogP contribution is -1.99. The van der Waals surface area contributed by atoms with E-state index in [4.69, 9.17) is 0 Å². The zero-order valence-electron chi connectivity index (χ0n) is 10.0. The van der Waals surface area contributed by atoms with Crippen molar-refractivity contribution in [2.24, 2.45) is 5.92 Å². The zero-order chi connectivity index (χ0) is 12.1. The molecular formula is C13H19FOS. The summed E-state index contributed by atoms with van der Waals surface area (Å²) in [6, 6.07) is 4.96. The largest absolute Gasteiger partial charge is 0.389 e. The Morgan fingerprint density at radius 1 is 1.31 bits per heavy atom. The lowest BCUT2D eigenvalue weighted by atomic mass is 10.1. The first-order chi connectivity index (χ1) is 7.52. The Morgan fingerprint density at radius 3 is 2.56 bits per heavy atom. The SMILES string of the molecule is CC(C)CCSc1cccc(F)c1[C@H](C)O. The van der Waals surface area contributed by atoms with E-state index in [0.717, 1.165) is 17.1 Å². The molecule has 1 rings (SSSR count). The van der Waals surface area contributed by atoms with Crippen molar-refractivity contribution < 1.29 is 9.50 Å². The van der Waals surface area contributed by atoms with Crippen LogP contribution in [0.25, 0.3) is 0 Å². The summed E-state index contributed by atoms with van der Waals surface area (Å²) in [4.78, 5) is 0.857. The second kappa shape index (κ2) is 6.26. The lowest BCUT2D eigenvalue weighted by molar-refractivity contribution is 0.191. The van der Waals surface area contributed by atoms with Gasteiger partial charge >= 0.3 is 0 Å². The summed E-state index contributed by atoms with van der Waals surface area (Å²) in [5, 5.41) is 9.54. The van der Waals surface area contributed by atoms with Gasteiger partial charge in [-0.3, -0.25) is 0 Å². The molecule has 1 N–H and O–H groups in total. The van der Waals surface area contributed by atoms with Crippen molar-refractivity contribution in [1.82, 2.24) is 0 Å². The number of rotatable bonds is 5. The van der Waals surface area contributed by atoms with Gasteiger partial charge in [0, 0.05) is 10.5 Å². The number of hydrogen-bond donors (Lipinski definition) is 1. The quantitative estimate of drug-likeness (QED) is 0.787. The fraction of sp³-hybridized carbons (Fsp3) is 0.538. The molecule has 0 aliphatic carbocycles. The summed E-state index contributed by atoms with van der Waals surface area (Å²) in [6.45, 7) is 5.94. The second-order valence-electron chi connectivity index (χ2n) is 4.36. The average molecular weight is 242 g/mol. The third-order valence-corrected chi connectivity index (χ3v) is 3.49. The van der Waals surface area contributed by atoms with Crippen LogP contribution in [0, 0.1) is 11.7 Å². The predicted molar refractivity (Wildman–Crippen MR) is 67.2 cm³/mol. The molecule has 1 atom stereocenters. The maximum Gasteiger partial charge on any atom is 0.130 e. The molecule has 0 amide bonds. The highest BCUT2D eigenvalue weighted by molar-refractivity contribution is 7.99. The molecule has 90 valence electrons. The van der Waals surface area contributed by atoms with Crippen molar-refractivity contribution in [1.29, 1.82) is 0 Å². The van der Waals surface area contributed by atoms with E-state index in [9.17, 15) is 9.50 Å². The molecule has 3 heteroatoms. The molecule has 0 aliphatic rings. The van der Waals surface area contributed by atoms with Crippen LogP contribution in [0.3, 0.4) is 0 Å². The number of aliphatic hydroxyl groups is 1. The molecule has 1 aromatic carbocycles. The molecule has 0 saturated heterocycles. The summed E-state index contributed by atoms with van der Waals surface area (Å²) in [6.07, 6.45) is 0.350. The Labute approximate surface area is 101 Å². The molecule has 0 aromatic heterocycles. The first-order valence-corrected chi connectivity index (χ1v) is 6.60. The minimum Gasteiger partial charge on any atom is -0.389 e. The standard InChI is InChI=1S/C13H19FOS/c1-9(2)7-8-16-12-6-4-5-11(14)13(12)10(3)15/h4-6,9-10,15H,7-8H2,1-3H3/t10-/m0/s1. The highest BCUT2D eigenvalue weighted by Crippen LogP contribution is 2.30. The minimum absolute atomic E-state index is 0.315. The smallest absolute Gasteiger partial charge is 0.130 e. The van der Waals surface area contributed by atoms with Crippen molar-refractivity contribution in [3.63, 3.8) is 0 Å². The van der Waals surface area contributed by atoms with E-state index >= 15 is 0 Å². The predicted octanol–water partition coefficient (Wildman–Crippen LogP) is 4.02. The second-order valence-corrected chi connectivity index (χ2v) is 5.50. The summed E-state index contributed by atoms with van der Waals surface area (Å²) in [5.41, 5.74) is 0.427.